The number of aromatic nitrogens is 2. The van der Waals surface area contributed by atoms with Gasteiger partial charge in [-0.15, -0.1) is 21.4 Å². The first kappa shape index (κ1) is 27.9. The van der Waals surface area contributed by atoms with E-state index in [2.05, 4.69) is 49.9 Å². The van der Waals surface area contributed by atoms with Crippen LogP contribution in [-0.2, 0) is 14.9 Å². The zero-order valence-electron chi connectivity index (χ0n) is 23.1. The lowest BCUT2D eigenvalue weighted by Gasteiger charge is -2.37. The van der Waals surface area contributed by atoms with Gasteiger partial charge >= 0.3 is 0 Å². The normalized spacial score (nSPS) is 23.7. The van der Waals surface area contributed by atoms with Gasteiger partial charge in [-0.1, -0.05) is 25.0 Å². The molecular formula is C30H35FN6O2S2. The zero-order chi connectivity index (χ0) is 28.6. The van der Waals surface area contributed by atoms with Gasteiger partial charge in [-0.05, 0) is 49.4 Å². The zero-order valence-corrected chi connectivity index (χ0v) is 24.8. The third-order valence-electron chi connectivity index (χ3n) is 8.71. The number of hydrogen-bond acceptors (Lipinski definition) is 7. The third-order valence-corrected chi connectivity index (χ3v) is 12.5. The molecule has 0 radical (unpaired) electrons. The van der Waals surface area contributed by atoms with Crippen LogP contribution < -0.4 is 10.2 Å². The predicted octanol–water partition coefficient (Wildman–Crippen LogP) is 5.45. The van der Waals surface area contributed by atoms with Crippen LogP contribution in [0, 0.1) is 23.1 Å². The molecule has 3 heterocycles. The lowest BCUT2D eigenvalue weighted by atomic mass is 9.76. The molecule has 2 atom stereocenters. The van der Waals surface area contributed by atoms with Crippen molar-refractivity contribution in [2.75, 3.05) is 36.5 Å². The highest BCUT2D eigenvalue weighted by atomic mass is 32.3. The molecule has 2 aliphatic carbocycles. The summed E-state index contributed by atoms with van der Waals surface area (Å²) >= 11 is 1.50. The van der Waals surface area contributed by atoms with Crippen LogP contribution in [0.1, 0.15) is 50.1 Å². The summed E-state index contributed by atoms with van der Waals surface area (Å²) in [7, 11) is -0.428. The molecule has 216 valence electrons. The van der Waals surface area contributed by atoms with Crippen molar-refractivity contribution in [1.82, 2.24) is 15.3 Å². The molecule has 11 heteroatoms. The number of amides is 1. The number of benzene rings is 1. The molecule has 3 aromatic rings. The summed E-state index contributed by atoms with van der Waals surface area (Å²) in [6.07, 6.45) is 7.73. The van der Waals surface area contributed by atoms with Gasteiger partial charge in [0.15, 0.2) is 0 Å². The van der Waals surface area contributed by atoms with Gasteiger partial charge < -0.3 is 14.8 Å². The highest BCUT2D eigenvalue weighted by molar-refractivity contribution is 8.00. The molecule has 8 nitrogen and oxygen atoms in total. The van der Waals surface area contributed by atoms with Crippen LogP contribution in [-0.4, -0.2) is 57.6 Å². The molecule has 1 saturated heterocycles. The Morgan fingerprint density at radius 1 is 1.20 bits per heavy atom. The average molecular weight is 595 g/mol. The summed E-state index contributed by atoms with van der Waals surface area (Å²) in [6, 6.07) is 12.1. The van der Waals surface area contributed by atoms with Crippen molar-refractivity contribution >= 4 is 33.0 Å². The molecule has 0 bridgehead atoms. The molecule has 0 unspecified atom stereocenters. The molecule has 41 heavy (non-hydrogen) atoms. The summed E-state index contributed by atoms with van der Waals surface area (Å²) < 4.78 is 28.9. The summed E-state index contributed by atoms with van der Waals surface area (Å²) in [4.78, 5) is 25.8. The van der Waals surface area contributed by atoms with E-state index in [1.807, 2.05) is 0 Å². The molecule has 3 aliphatic rings. The number of anilines is 1. The minimum Gasteiger partial charge on any atom is -0.370 e. The van der Waals surface area contributed by atoms with Crippen molar-refractivity contribution < 1.29 is 13.7 Å². The van der Waals surface area contributed by atoms with Crippen LogP contribution in [0.3, 0.4) is 0 Å². The van der Waals surface area contributed by atoms with Gasteiger partial charge in [-0.2, -0.15) is 5.26 Å². The average Bonchev–Trinajstić information content (AvgIpc) is 3.64. The van der Waals surface area contributed by atoms with Crippen LogP contribution in [0.2, 0.25) is 0 Å². The van der Waals surface area contributed by atoms with Crippen molar-refractivity contribution in [3.05, 3.63) is 54.2 Å². The van der Waals surface area contributed by atoms with E-state index in [0.717, 1.165) is 60.6 Å². The quantitative estimate of drug-likeness (QED) is 0.327. The van der Waals surface area contributed by atoms with E-state index >= 15 is 0 Å². The largest absolute Gasteiger partial charge is 0.370 e. The Kier molecular flexibility index (Phi) is 7.66. The first-order valence-electron chi connectivity index (χ1n) is 14.2. The molecule has 0 spiro atoms. The number of carbonyl (C=O) groups is 1. The SMILES string of the molecule is CN=[SH]1(O)CCN(c2ccc(-c3sc(-c4cncc(F)c4)nc3[C@@H]3CCCC[C@H]3C(=O)NC3(C#N)CC3)cc2)CC1. The maximum atomic E-state index is 14.1. The Bertz CT molecular complexity index is 1530. The maximum Gasteiger partial charge on any atom is 0.225 e. The third kappa shape index (κ3) is 5.78. The molecule has 3 fully saturated rings. The smallest absolute Gasteiger partial charge is 0.225 e. The molecule has 2 aromatic heterocycles. The summed E-state index contributed by atoms with van der Waals surface area (Å²) in [5.41, 5.74) is 2.86. The second-order valence-corrected chi connectivity index (χ2v) is 15.4. The van der Waals surface area contributed by atoms with Crippen LogP contribution in [0.15, 0.2) is 47.1 Å². The number of thiazole rings is 1. The van der Waals surface area contributed by atoms with Gasteiger partial charge in [0.1, 0.15) is 16.4 Å². The lowest BCUT2D eigenvalue weighted by Crippen LogP contribution is -2.43. The number of rotatable bonds is 6. The number of hydrogen-bond donors (Lipinski definition) is 3. The van der Waals surface area contributed by atoms with Gasteiger partial charge in [0.2, 0.25) is 5.91 Å². The van der Waals surface area contributed by atoms with E-state index in [9.17, 15) is 19.0 Å². The molecule has 1 amide bonds. The van der Waals surface area contributed by atoms with Gasteiger partial charge in [0.05, 0.1) is 22.8 Å². The molecule has 6 rings (SSSR count). The van der Waals surface area contributed by atoms with Crippen LogP contribution in [0.4, 0.5) is 10.1 Å². The second-order valence-electron chi connectivity index (χ2n) is 11.4. The summed E-state index contributed by atoms with van der Waals surface area (Å²) in [5.74, 6) is 0.552. The van der Waals surface area contributed by atoms with E-state index in [-0.39, 0.29) is 17.7 Å². The monoisotopic (exact) mass is 594 g/mol. The van der Waals surface area contributed by atoms with Gasteiger partial charge in [0.25, 0.3) is 0 Å². The lowest BCUT2D eigenvalue weighted by molar-refractivity contribution is -0.127. The number of carbonyl (C=O) groups excluding carboxylic acids is 1. The fourth-order valence-electron chi connectivity index (χ4n) is 6.00. The van der Waals surface area contributed by atoms with E-state index in [4.69, 9.17) is 4.98 Å². The number of nitrogens with zero attached hydrogens (tertiary/aromatic N) is 5. The van der Waals surface area contributed by atoms with Crippen LogP contribution in [0.5, 0.6) is 0 Å². The molecule has 1 aliphatic heterocycles. The van der Waals surface area contributed by atoms with Crippen molar-refractivity contribution in [2.45, 2.75) is 50.0 Å². The molecule has 1 aromatic carbocycles. The topological polar surface area (TPSA) is 114 Å². The highest BCUT2D eigenvalue weighted by Gasteiger charge is 2.47. The Hall–Kier alpha value is -3.20. The number of pyridine rings is 1. The Morgan fingerprint density at radius 3 is 2.59 bits per heavy atom. The van der Waals surface area contributed by atoms with Crippen LogP contribution >= 0.6 is 11.3 Å². The van der Waals surface area contributed by atoms with Gasteiger partial charge in [-0.3, -0.25) is 14.1 Å². The van der Waals surface area contributed by atoms with Crippen molar-refractivity contribution in [2.24, 2.45) is 10.3 Å². The van der Waals surface area contributed by atoms with Gasteiger partial charge in [0, 0.05) is 60.9 Å². The highest BCUT2D eigenvalue weighted by Crippen LogP contribution is 2.46. The fraction of sp³-hybridized carbons (Fsp3) is 0.467. The van der Waals surface area contributed by atoms with Crippen LogP contribution in [0.25, 0.3) is 21.0 Å². The van der Waals surface area contributed by atoms with E-state index < -0.39 is 21.5 Å². The van der Waals surface area contributed by atoms with E-state index in [0.29, 0.717) is 34.9 Å². The van der Waals surface area contributed by atoms with Crippen molar-refractivity contribution in [3.8, 4) is 27.1 Å². The summed E-state index contributed by atoms with van der Waals surface area (Å²) in [5, 5.41) is 13.3. The minimum absolute atomic E-state index is 0.0660. The number of nitriles is 1. The van der Waals surface area contributed by atoms with Gasteiger partial charge in [-0.25, -0.2) is 9.37 Å². The minimum atomic E-state index is -2.14. The Morgan fingerprint density at radius 2 is 1.93 bits per heavy atom. The first-order chi connectivity index (χ1) is 19.8. The molecular weight excluding hydrogens is 560 g/mol. The van der Waals surface area contributed by atoms with E-state index in [1.165, 1.54) is 23.6 Å². The maximum absolute atomic E-state index is 14.1. The Balaban J connectivity index is 1.34. The first-order valence-corrected chi connectivity index (χ1v) is 17.1. The van der Waals surface area contributed by atoms with E-state index in [1.54, 1.807) is 13.2 Å². The van der Waals surface area contributed by atoms with Crippen molar-refractivity contribution in [1.29, 1.82) is 5.26 Å². The molecule has 2 N–H and O–H groups in total. The number of thiol groups is 1. The number of nitrogens with one attached hydrogen (secondary N) is 1. The Labute approximate surface area is 244 Å². The predicted molar refractivity (Wildman–Crippen MR) is 163 cm³/mol. The summed E-state index contributed by atoms with van der Waals surface area (Å²) in [6.45, 7) is 1.54. The second kappa shape index (κ2) is 11.2. The van der Waals surface area contributed by atoms with Crippen molar-refractivity contribution in [3.63, 3.8) is 0 Å². The number of halogens is 1. The standard InChI is InChI=1S/C30H35FN6O2S2/c1-33-41(39)14-12-37(13-15-41)23-8-6-20(7-9-23)27-26(35-29(40-27)21-16-22(31)18-34-17-21)24-4-2-3-5-25(24)28(38)36-30(19-32)10-11-30/h6-9,16-18,24-25,41H,2-5,10-15H2,1H3,(H,33,39)(H,36,38)/t24-,25-/m1/s1. The fourth-order valence-corrected chi connectivity index (χ4v) is 8.87. The molecule has 2 saturated carbocycles.